The fourth-order valence-corrected chi connectivity index (χ4v) is 2.20. The molecule has 0 aliphatic heterocycles. The van der Waals surface area contributed by atoms with Gasteiger partial charge in [0.05, 0.1) is 0 Å². The van der Waals surface area contributed by atoms with Gasteiger partial charge >= 0.3 is 0 Å². The molecule has 0 N–H and O–H groups in total. The van der Waals surface area contributed by atoms with Gasteiger partial charge < -0.3 is 0 Å². The first kappa shape index (κ1) is 11.0. The zero-order chi connectivity index (χ0) is 12.5. The van der Waals surface area contributed by atoms with Crippen molar-refractivity contribution in [3.05, 3.63) is 54.0 Å². The Morgan fingerprint density at radius 2 is 1.94 bits per heavy atom. The first-order chi connectivity index (χ1) is 8.79. The summed E-state index contributed by atoms with van der Waals surface area (Å²) in [6.07, 6.45) is 2.78. The monoisotopic (exact) mass is 237 g/mol. The predicted molar refractivity (Wildman–Crippen MR) is 73.0 cm³/mol. The molecule has 3 nitrogen and oxygen atoms in total. The number of hydrogen-bond acceptors (Lipinski definition) is 2. The second-order valence-electron chi connectivity index (χ2n) is 4.41. The van der Waals surface area contributed by atoms with E-state index in [-0.39, 0.29) is 0 Å². The van der Waals surface area contributed by atoms with E-state index in [4.69, 9.17) is 0 Å². The van der Waals surface area contributed by atoms with Crippen molar-refractivity contribution in [1.29, 1.82) is 0 Å². The summed E-state index contributed by atoms with van der Waals surface area (Å²) >= 11 is 0. The fourth-order valence-electron chi connectivity index (χ4n) is 2.20. The summed E-state index contributed by atoms with van der Waals surface area (Å²) in [6, 6.07) is 12.3. The van der Waals surface area contributed by atoms with Crippen molar-refractivity contribution in [2.75, 3.05) is 0 Å². The van der Waals surface area contributed by atoms with Gasteiger partial charge in [-0.1, -0.05) is 25.1 Å². The van der Waals surface area contributed by atoms with Crippen LogP contribution in [0.15, 0.2) is 42.6 Å². The minimum absolute atomic E-state index is 0.893. The van der Waals surface area contributed by atoms with E-state index in [0.29, 0.717) is 0 Å². The molecule has 0 saturated carbocycles. The average Bonchev–Trinajstić information content (AvgIpc) is 2.77. The lowest BCUT2D eigenvalue weighted by molar-refractivity contribution is 0.901. The Bertz CT molecular complexity index is 684. The maximum Gasteiger partial charge on any atom is 0.164 e. The Labute approximate surface area is 106 Å². The number of imidazole rings is 1. The van der Waals surface area contributed by atoms with Crippen LogP contribution in [-0.4, -0.2) is 14.5 Å². The van der Waals surface area contributed by atoms with Gasteiger partial charge in [0.1, 0.15) is 11.3 Å². The number of benzene rings is 1. The molecule has 0 fully saturated rings. The summed E-state index contributed by atoms with van der Waals surface area (Å²) < 4.78 is 2.13. The molecule has 0 aliphatic rings. The Hall–Kier alpha value is -2.16. The molecule has 0 bridgehead atoms. The lowest BCUT2D eigenvalue weighted by Gasteiger charge is -2.06. The molecule has 2 aromatic heterocycles. The molecule has 90 valence electrons. The highest BCUT2D eigenvalue weighted by Gasteiger charge is 2.11. The number of rotatable bonds is 2. The van der Waals surface area contributed by atoms with Gasteiger partial charge in [-0.05, 0) is 30.7 Å². The summed E-state index contributed by atoms with van der Waals surface area (Å²) in [5.41, 5.74) is 4.16. The molecule has 2 heterocycles. The van der Waals surface area contributed by atoms with Gasteiger partial charge in [0, 0.05) is 18.3 Å². The zero-order valence-corrected chi connectivity index (χ0v) is 10.6. The van der Waals surface area contributed by atoms with Crippen molar-refractivity contribution >= 4 is 11.2 Å². The molecule has 3 aromatic rings. The smallest absolute Gasteiger partial charge is 0.164 e. The van der Waals surface area contributed by atoms with Crippen LogP contribution < -0.4 is 0 Å². The van der Waals surface area contributed by atoms with E-state index in [1.54, 1.807) is 0 Å². The third-order valence-electron chi connectivity index (χ3n) is 3.03. The summed E-state index contributed by atoms with van der Waals surface area (Å²) in [4.78, 5) is 9.19. The molecule has 0 amide bonds. The van der Waals surface area contributed by atoms with Crippen LogP contribution in [0.3, 0.4) is 0 Å². The maximum atomic E-state index is 4.67. The summed E-state index contributed by atoms with van der Waals surface area (Å²) in [5, 5.41) is 0. The third kappa shape index (κ3) is 1.68. The van der Waals surface area contributed by atoms with E-state index < -0.39 is 0 Å². The van der Waals surface area contributed by atoms with E-state index in [2.05, 4.69) is 39.7 Å². The van der Waals surface area contributed by atoms with Gasteiger partial charge in [-0.25, -0.2) is 9.97 Å². The van der Waals surface area contributed by atoms with Crippen molar-refractivity contribution in [3.63, 3.8) is 0 Å². The molecule has 0 atom stereocenters. The zero-order valence-electron chi connectivity index (χ0n) is 10.6. The highest BCUT2D eigenvalue weighted by molar-refractivity contribution is 5.74. The van der Waals surface area contributed by atoms with Crippen molar-refractivity contribution in [2.45, 2.75) is 20.3 Å². The van der Waals surface area contributed by atoms with E-state index in [0.717, 1.165) is 34.7 Å². The van der Waals surface area contributed by atoms with E-state index in [1.807, 2.05) is 31.3 Å². The van der Waals surface area contributed by atoms with Crippen LogP contribution in [0.1, 0.15) is 18.3 Å². The first-order valence-corrected chi connectivity index (χ1v) is 6.19. The van der Waals surface area contributed by atoms with Crippen LogP contribution in [0.25, 0.3) is 16.9 Å². The molecule has 0 unspecified atom stereocenters. The summed E-state index contributed by atoms with van der Waals surface area (Å²) in [5.74, 6) is 1.05. The molecule has 3 heteroatoms. The minimum atomic E-state index is 0.893. The highest BCUT2D eigenvalue weighted by Crippen LogP contribution is 2.20. The molecule has 0 saturated heterocycles. The van der Waals surface area contributed by atoms with Gasteiger partial charge in [0.15, 0.2) is 5.65 Å². The number of aryl methyl sites for hydroxylation is 2. The normalized spacial score (nSPS) is 11.0. The molecule has 0 aliphatic carbocycles. The van der Waals surface area contributed by atoms with Gasteiger partial charge in [-0.2, -0.15) is 0 Å². The second kappa shape index (κ2) is 4.26. The second-order valence-corrected chi connectivity index (χ2v) is 4.41. The Morgan fingerprint density at radius 1 is 1.17 bits per heavy atom. The van der Waals surface area contributed by atoms with Crippen molar-refractivity contribution in [2.24, 2.45) is 0 Å². The number of aromatic nitrogens is 3. The standard InChI is InChI=1S/C15H15N3/c1-3-14-17-13-9-11(2)10-16-15(13)18(14)12-7-5-4-6-8-12/h4-10H,3H2,1-2H3. The number of fused-ring (bicyclic) bond motifs is 1. The maximum absolute atomic E-state index is 4.67. The van der Waals surface area contributed by atoms with Gasteiger partial charge in [0.2, 0.25) is 0 Å². The largest absolute Gasteiger partial charge is 0.281 e. The van der Waals surface area contributed by atoms with E-state index >= 15 is 0 Å². The average molecular weight is 237 g/mol. The number of hydrogen-bond donors (Lipinski definition) is 0. The fraction of sp³-hybridized carbons (Fsp3) is 0.200. The van der Waals surface area contributed by atoms with Crippen LogP contribution >= 0.6 is 0 Å². The number of pyridine rings is 1. The van der Waals surface area contributed by atoms with Gasteiger partial charge in [-0.3, -0.25) is 4.57 Å². The van der Waals surface area contributed by atoms with Gasteiger partial charge in [-0.15, -0.1) is 0 Å². The van der Waals surface area contributed by atoms with Crippen LogP contribution in [0, 0.1) is 6.92 Å². The molecule has 0 radical (unpaired) electrons. The topological polar surface area (TPSA) is 30.7 Å². The Morgan fingerprint density at radius 3 is 2.67 bits per heavy atom. The van der Waals surface area contributed by atoms with Crippen LogP contribution in [0.5, 0.6) is 0 Å². The van der Waals surface area contributed by atoms with Crippen LogP contribution in [0.4, 0.5) is 0 Å². The van der Waals surface area contributed by atoms with Crippen LogP contribution in [0.2, 0.25) is 0 Å². The predicted octanol–water partition coefficient (Wildman–Crippen LogP) is 3.29. The number of para-hydroxylation sites is 1. The van der Waals surface area contributed by atoms with Gasteiger partial charge in [0.25, 0.3) is 0 Å². The molecule has 1 aromatic carbocycles. The Balaban J connectivity index is 2.33. The van der Waals surface area contributed by atoms with Crippen molar-refractivity contribution in [3.8, 4) is 5.69 Å². The summed E-state index contributed by atoms with van der Waals surface area (Å²) in [6.45, 7) is 4.16. The minimum Gasteiger partial charge on any atom is -0.281 e. The Kier molecular flexibility index (Phi) is 2.59. The first-order valence-electron chi connectivity index (χ1n) is 6.19. The van der Waals surface area contributed by atoms with E-state index in [9.17, 15) is 0 Å². The molecular weight excluding hydrogens is 222 g/mol. The summed E-state index contributed by atoms with van der Waals surface area (Å²) in [7, 11) is 0. The lowest BCUT2D eigenvalue weighted by atomic mass is 10.3. The quantitative estimate of drug-likeness (QED) is 0.684. The molecule has 0 spiro atoms. The lowest BCUT2D eigenvalue weighted by Crippen LogP contribution is -2.00. The van der Waals surface area contributed by atoms with Crippen molar-refractivity contribution < 1.29 is 0 Å². The molecular formula is C15H15N3. The third-order valence-corrected chi connectivity index (χ3v) is 3.03. The highest BCUT2D eigenvalue weighted by atomic mass is 15.1. The SMILES string of the molecule is CCc1nc2cc(C)cnc2n1-c1ccccc1. The number of nitrogens with zero attached hydrogens (tertiary/aromatic N) is 3. The molecule has 18 heavy (non-hydrogen) atoms. The van der Waals surface area contributed by atoms with Crippen molar-refractivity contribution in [1.82, 2.24) is 14.5 Å². The van der Waals surface area contributed by atoms with E-state index in [1.165, 1.54) is 0 Å². The molecule has 3 rings (SSSR count). The van der Waals surface area contributed by atoms with Crippen LogP contribution in [-0.2, 0) is 6.42 Å².